The fraction of sp³-hybridized carbons (Fsp3) is 0.607. The van der Waals surface area contributed by atoms with Crippen molar-refractivity contribution in [2.24, 2.45) is 25.9 Å². The summed E-state index contributed by atoms with van der Waals surface area (Å²) in [5.41, 5.74) is 3.12. The molecule has 3 aliphatic heterocycles. The monoisotopic (exact) mass is 531 g/mol. The molecule has 1 aromatic heterocycles. The Hall–Kier alpha value is -3.43. The predicted octanol–water partition coefficient (Wildman–Crippen LogP) is 2.27. The van der Waals surface area contributed by atoms with Crippen molar-refractivity contribution in [1.29, 1.82) is 0 Å². The maximum atomic E-state index is 10.8. The number of Topliss-reactive ketones (excluding diaryl/α,β-unsaturated/α-hetero) is 1. The van der Waals surface area contributed by atoms with Crippen LogP contribution in [0.5, 0.6) is 0 Å². The van der Waals surface area contributed by atoms with Crippen LogP contribution in [0.3, 0.4) is 0 Å². The Labute approximate surface area is 226 Å². The number of ketones is 1. The number of amides is 3. The van der Waals surface area contributed by atoms with E-state index in [1.165, 1.54) is 0 Å². The largest absolute Gasteiger partial charge is 0.346 e. The summed E-state index contributed by atoms with van der Waals surface area (Å²) in [7, 11) is 9.05. The highest BCUT2D eigenvalue weighted by atomic mass is 16.2. The number of allylic oxidation sites excluding steroid dienone is 2. The van der Waals surface area contributed by atoms with Gasteiger partial charge >= 0.3 is 0 Å². The van der Waals surface area contributed by atoms with Gasteiger partial charge < -0.3 is 14.7 Å². The van der Waals surface area contributed by atoms with E-state index in [1.54, 1.807) is 39.5 Å². The minimum atomic E-state index is 0.0509. The molecule has 1 aromatic rings. The number of aromatic nitrogens is 2. The van der Waals surface area contributed by atoms with E-state index in [0.717, 1.165) is 36.4 Å². The van der Waals surface area contributed by atoms with Gasteiger partial charge in [-0.1, -0.05) is 19.9 Å². The highest BCUT2D eigenvalue weighted by Crippen LogP contribution is 2.14. The molecule has 3 amide bonds. The molecule has 4 heterocycles. The fourth-order valence-electron chi connectivity index (χ4n) is 3.79. The predicted molar refractivity (Wildman–Crippen MR) is 148 cm³/mol. The van der Waals surface area contributed by atoms with Gasteiger partial charge in [0.05, 0.1) is 5.92 Å². The van der Waals surface area contributed by atoms with Gasteiger partial charge in [-0.15, -0.1) is 0 Å². The third kappa shape index (κ3) is 9.46. The SMILES string of the molecule is CC1=CCC1=O.CC1=CN(C)C(=O)C1.CC1CCN(C)C1=O.CC1CN(C)C1=O.Cc1cc(=O)n(C)n1C. The van der Waals surface area contributed by atoms with Crippen LogP contribution < -0.4 is 5.56 Å². The number of hydrogen-bond acceptors (Lipinski definition) is 5. The zero-order valence-corrected chi connectivity index (χ0v) is 24.7. The number of likely N-dealkylation sites (tertiary alicyclic amines) is 2. The topological polar surface area (TPSA) is 105 Å². The first kappa shape index (κ1) is 32.6. The number of carbonyl (C=O) groups excluding carboxylic acids is 4. The molecule has 2 saturated heterocycles. The van der Waals surface area contributed by atoms with Crippen LogP contribution in [-0.2, 0) is 33.3 Å². The lowest BCUT2D eigenvalue weighted by Crippen LogP contribution is -2.48. The van der Waals surface area contributed by atoms with Gasteiger partial charge in [-0.25, -0.2) is 0 Å². The molecular weight excluding hydrogens is 486 g/mol. The van der Waals surface area contributed by atoms with Gasteiger partial charge in [-0.2, -0.15) is 0 Å². The van der Waals surface area contributed by atoms with Crippen molar-refractivity contribution < 1.29 is 19.2 Å². The van der Waals surface area contributed by atoms with E-state index < -0.39 is 0 Å². The van der Waals surface area contributed by atoms with Crippen molar-refractivity contribution in [3.8, 4) is 0 Å². The molecule has 2 unspecified atom stereocenters. The molecule has 2 fully saturated rings. The van der Waals surface area contributed by atoms with E-state index in [1.807, 2.05) is 72.7 Å². The first-order valence-electron chi connectivity index (χ1n) is 12.9. The minimum absolute atomic E-state index is 0.0509. The van der Waals surface area contributed by atoms with E-state index in [0.29, 0.717) is 30.4 Å². The summed E-state index contributed by atoms with van der Waals surface area (Å²) >= 11 is 0. The smallest absolute Gasteiger partial charge is 0.266 e. The minimum Gasteiger partial charge on any atom is -0.346 e. The van der Waals surface area contributed by atoms with Crippen molar-refractivity contribution in [1.82, 2.24) is 24.1 Å². The number of nitrogens with zero attached hydrogens (tertiary/aromatic N) is 5. The quantitative estimate of drug-likeness (QED) is 0.478. The fourth-order valence-corrected chi connectivity index (χ4v) is 3.79. The number of rotatable bonds is 0. The van der Waals surface area contributed by atoms with E-state index in [-0.39, 0.29) is 23.3 Å². The van der Waals surface area contributed by atoms with E-state index in [9.17, 15) is 24.0 Å². The second-order valence-corrected chi connectivity index (χ2v) is 10.4. The van der Waals surface area contributed by atoms with Gasteiger partial charge in [-0.05, 0) is 38.3 Å². The number of aryl methyl sites for hydroxylation is 1. The lowest BCUT2D eigenvalue weighted by molar-refractivity contribution is -0.144. The first-order chi connectivity index (χ1) is 17.6. The van der Waals surface area contributed by atoms with Crippen LogP contribution in [-0.4, -0.2) is 81.8 Å². The molecule has 0 radical (unpaired) electrons. The highest BCUT2D eigenvalue weighted by Gasteiger charge is 2.28. The Morgan fingerprint density at radius 3 is 1.42 bits per heavy atom. The molecule has 0 bridgehead atoms. The third-order valence-corrected chi connectivity index (χ3v) is 6.92. The van der Waals surface area contributed by atoms with Crippen LogP contribution in [0.4, 0.5) is 0 Å². The second kappa shape index (κ2) is 14.5. The summed E-state index contributed by atoms with van der Waals surface area (Å²) in [5, 5.41) is 0. The molecule has 212 valence electrons. The third-order valence-electron chi connectivity index (χ3n) is 6.92. The summed E-state index contributed by atoms with van der Waals surface area (Å²) in [5.74, 6) is 1.65. The highest BCUT2D eigenvalue weighted by molar-refractivity contribution is 6.01. The van der Waals surface area contributed by atoms with Gasteiger partial charge in [-0.3, -0.25) is 33.3 Å². The Morgan fingerprint density at radius 1 is 0.789 bits per heavy atom. The zero-order valence-electron chi connectivity index (χ0n) is 24.7. The Balaban J connectivity index is 0.000000239. The Bertz CT molecular complexity index is 1120. The van der Waals surface area contributed by atoms with Crippen LogP contribution >= 0.6 is 0 Å². The van der Waals surface area contributed by atoms with Crippen molar-refractivity contribution in [2.45, 2.75) is 53.9 Å². The van der Waals surface area contributed by atoms with Gasteiger partial charge in [0.1, 0.15) is 0 Å². The van der Waals surface area contributed by atoms with Crippen molar-refractivity contribution in [3.63, 3.8) is 0 Å². The molecule has 1 aliphatic carbocycles. The average molecular weight is 532 g/mol. The molecule has 0 spiro atoms. The number of β-lactam (4-membered cyclic amide) rings is 1. The summed E-state index contributed by atoms with van der Waals surface area (Å²) in [6.45, 7) is 11.5. The van der Waals surface area contributed by atoms with Crippen molar-refractivity contribution in [3.05, 3.63) is 45.5 Å². The Kier molecular flexibility index (Phi) is 12.4. The van der Waals surface area contributed by atoms with Gasteiger partial charge in [0.15, 0.2) is 5.78 Å². The summed E-state index contributed by atoms with van der Waals surface area (Å²) in [6, 6.07) is 1.61. The summed E-state index contributed by atoms with van der Waals surface area (Å²) in [6.07, 6.45) is 6.11. The van der Waals surface area contributed by atoms with E-state index in [4.69, 9.17) is 0 Å². The van der Waals surface area contributed by atoms with Crippen LogP contribution in [0.25, 0.3) is 0 Å². The molecule has 38 heavy (non-hydrogen) atoms. The zero-order chi connectivity index (χ0) is 29.3. The first-order valence-corrected chi connectivity index (χ1v) is 12.9. The lowest BCUT2D eigenvalue weighted by atomic mass is 10.00. The van der Waals surface area contributed by atoms with Gasteiger partial charge in [0, 0.05) is 85.0 Å². The normalized spacial score (nSPS) is 21.4. The van der Waals surface area contributed by atoms with Gasteiger partial charge in [0.2, 0.25) is 17.7 Å². The summed E-state index contributed by atoms with van der Waals surface area (Å²) < 4.78 is 3.37. The molecule has 0 N–H and O–H groups in total. The number of carbonyl (C=O) groups is 4. The molecule has 5 rings (SSSR count). The van der Waals surface area contributed by atoms with Crippen molar-refractivity contribution in [2.75, 3.05) is 34.2 Å². The van der Waals surface area contributed by atoms with Crippen LogP contribution in [0, 0.1) is 18.8 Å². The second-order valence-electron chi connectivity index (χ2n) is 10.4. The molecule has 4 aliphatic rings. The maximum absolute atomic E-state index is 10.8. The van der Waals surface area contributed by atoms with Crippen LogP contribution in [0.1, 0.15) is 52.7 Å². The van der Waals surface area contributed by atoms with E-state index in [2.05, 4.69) is 0 Å². The van der Waals surface area contributed by atoms with Crippen LogP contribution in [0.2, 0.25) is 0 Å². The molecule has 0 saturated carbocycles. The molecule has 2 atom stereocenters. The molecule has 10 nitrogen and oxygen atoms in total. The van der Waals surface area contributed by atoms with Crippen molar-refractivity contribution >= 4 is 23.5 Å². The maximum Gasteiger partial charge on any atom is 0.266 e. The number of hydrogen-bond donors (Lipinski definition) is 0. The molecule has 0 aromatic carbocycles. The van der Waals surface area contributed by atoms with E-state index >= 15 is 0 Å². The summed E-state index contributed by atoms with van der Waals surface area (Å²) in [4.78, 5) is 58.1. The average Bonchev–Trinajstić information content (AvgIpc) is 3.43. The lowest BCUT2D eigenvalue weighted by Gasteiger charge is -2.32. The standard InChI is InChI=1S/C6H10N2O.C6H9NO.C6H11NO.C5H9NO.C5H6O/c1-5-4-6(9)8(3)7(5)2;1-5-3-6(8)7(2)4-5;1-5-3-4-7(2)6(5)8;1-4-3-6(2)5(4)7;1-4-2-3-5(4)6/h4H,1-3H3;4H,3H2,1-2H3;5H,3-4H2,1-2H3;4H,3H2,1-2H3;2H,3H2,1H3. The van der Waals surface area contributed by atoms with Gasteiger partial charge in [0.25, 0.3) is 5.56 Å². The molecule has 10 heteroatoms. The molecular formula is C28H45N5O5. The van der Waals surface area contributed by atoms with Crippen LogP contribution in [0.15, 0.2) is 34.3 Å². The Morgan fingerprint density at radius 2 is 1.34 bits per heavy atom.